The Morgan fingerprint density at radius 1 is 1.28 bits per heavy atom. The second-order valence-corrected chi connectivity index (χ2v) is 4.55. The maximum Gasteiger partial charge on any atom is 0.130 e. The lowest BCUT2D eigenvalue weighted by atomic mass is 9.96. The number of fused-ring (bicyclic) bond motifs is 1. The number of ether oxygens (including phenoxy) is 1. The van der Waals surface area contributed by atoms with Gasteiger partial charge < -0.3 is 10.5 Å². The Morgan fingerprint density at radius 3 is 3.00 bits per heavy atom. The Labute approximate surface area is 107 Å². The third kappa shape index (κ3) is 1.97. The molecule has 1 aliphatic heterocycles. The highest BCUT2D eigenvalue weighted by Gasteiger charge is 2.21. The first-order valence-corrected chi connectivity index (χ1v) is 6.27. The molecule has 1 atom stereocenters. The summed E-state index contributed by atoms with van der Waals surface area (Å²) in [4.78, 5) is 4.17. The van der Waals surface area contributed by atoms with E-state index in [1.54, 1.807) is 6.20 Å². The first-order chi connectivity index (χ1) is 8.88. The molecule has 2 N–H and O–H groups in total. The quantitative estimate of drug-likeness (QED) is 0.876. The van der Waals surface area contributed by atoms with Gasteiger partial charge in [0.05, 0.1) is 0 Å². The second-order valence-electron chi connectivity index (χ2n) is 4.55. The molecule has 0 spiro atoms. The predicted molar refractivity (Wildman–Crippen MR) is 71.5 cm³/mol. The third-order valence-corrected chi connectivity index (χ3v) is 3.35. The number of rotatable bonds is 2. The maximum atomic E-state index is 6.01. The zero-order valence-corrected chi connectivity index (χ0v) is 10.2. The summed E-state index contributed by atoms with van der Waals surface area (Å²) in [5.41, 5.74) is 9.18. The number of aryl methyl sites for hydroxylation is 1. The van der Waals surface area contributed by atoms with Crippen LogP contribution in [0.3, 0.4) is 0 Å². The van der Waals surface area contributed by atoms with Gasteiger partial charge in [-0.15, -0.1) is 0 Å². The topological polar surface area (TPSA) is 48.1 Å². The van der Waals surface area contributed by atoms with Crippen molar-refractivity contribution in [1.29, 1.82) is 0 Å². The van der Waals surface area contributed by atoms with Gasteiger partial charge in [0, 0.05) is 30.1 Å². The number of pyridine rings is 1. The average molecular weight is 240 g/mol. The van der Waals surface area contributed by atoms with E-state index in [1.165, 1.54) is 5.56 Å². The van der Waals surface area contributed by atoms with Crippen LogP contribution in [0, 0.1) is 0 Å². The van der Waals surface area contributed by atoms with Crippen molar-refractivity contribution in [3.63, 3.8) is 0 Å². The first-order valence-electron chi connectivity index (χ1n) is 6.27. The van der Waals surface area contributed by atoms with Crippen molar-refractivity contribution in [1.82, 2.24) is 4.98 Å². The second kappa shape index (κ2) is 4.78. The summed E-state index contributed by atoms with van der Waals surface area (Å²) in [6.45, 7) is 0.570. The van der Waals surface area contributed by atoms with Crippen LogP contribution in [0.15, 0.2) is 42.7 Å². The molecule has 92 valence electrons. The number of hydrogen-bond donors (Lipinski definition) is 1. The number of hydrogen-bond acceptors (Lipinski definition) is 3. The van der Waals surface area contributed by atoms with Gasteiger partial charge in [-0.3, -0.25) is 4.98 Å². The van der Waals surface area contributed by atoms with E-state index in [-0.39, 0.29) is 6.10 Å². The number of benzene rings is 1. The van der Waals surface area contributed by atoms with Crippen LogP contribution in [-0.2, 0) is 6.42 Å². The van der Waals surface area contributed by atoms with E-state index in [0.717, 1.165) is 29.7 Å². The van der Waals surface area contributed by atoms with Crippen molar-refractivity contribution in [3.05, 3.63) is 48.3 Å². The molecule has 0 amide bonds. The van der Waals surface area contributed by atoms with Crippen molar-refractivity contribution in [3.8, 4) is 16.9 Å². The van der Waals surface area contributed by atoms with E-state index < -0.39 is 0 Å². The Bertz CT molecular complexity index is 539. The summed E-state index contributed by atoms with van der Waals surface area (Å²) in [6.07, 6.45) is 5.81. The monoisotopic (exact) mass is 240 g/mol. The number of para-hydroxylation sites is 1. The molecule has 0 bridgehead atoms. The standard InChI is InChI=1S/C15H16N2O/c16-9-13-7-6-11-3-1-5-14(15(11)18-13)12-4-2-8-17-10-12/h1-5,8,10,13H,6-7,9,16H2/t13-/m0/s1. The highest BCUT2D eigenvalue weighted by molar-refractivity contribution is 5.71. The summed E-state index contributed by atoms with van der Waals surface area (Å²) in [7, 11) is 0. The van der Waals surface area contributed by atoms with E-state index >= 15 is 0 Å². The Kier molecular flexibility index (Phi) is 2.99. The normalized spacial score (nSPS) is 17.9. The largest absolute Gasteiger partial charge is 0.488 e. The summed E-state index contributed by atoms with van der Waals surface area (Å²) >= 11 is 0. The van der Waals surface area contributed by atoms with Gasteiger partial charge in [-0.2, -0.15) is 0 Å². The molecule has 2 heterocycles. The molecule has 18 heavy (non-hydrogen) atoms. The molecular weight excluding hydrogens is 224 g/mol. The van der Waals surface area contributed by atoms with Gasteiger partial charge >= 0.3 is 0 Å². The molecule has 0 unspecified atom stereocenters. The number of aromatic nitrogens is 1. The first kappa shape index (κ1) is 11.2. The minimum absolute atomic E-state index is 0.135. The summed E-state index contributed by atoms with van der Waals surface area (Å²) in [5, 5.41) is 0. The minimum atomic E-state index is 0.135. The molecule has 3 heteroatoms. The van der Waals surface area contributed by atoms with Crippen molar-refractivity contribution in [2.24, 2.45) is 5.73 Å². The molecule has 0 radical (unpaired) electrons. The summed E-state index contributed by atoms with van der Waals surface area (Å²) in [5.74, 6) is 0.979. The van der Waals surface area contributed by atoms with Crippen LogP contribution in [0.1, 0.15) is 12.0 Å². The molecule has 2 aromatic rings. The lowest BCUT2D eigenvalue weighted by Gasteiger charge is -2.27. The van der Waals surface area contributed by atoms with Gasteiger partial charge in [0.15, 0.2) is 0 Å². The van der Waals surface area contributed by atoms with Gasteiger partial charge in [-0.1, -0.05) is 24.3 Å². The third-order valence-electron chi connectivity index (χ3n) is 3.35. The highest BCUT2D eigenvalue weighted by atomic mass is 16.5. The molecule has 0 fully saturated rings. The average Bonchev–Trinajstić information content (AvgIpc) is 2.47. The van der Waals surface area contributed by atoms with Gasteiger partial charge in [0.25, 0.3) is 0 Å². The molecular formula is C15H16N2O. The molecule has 3 rings (SSSR count). The Balaban J connectivity index is 2.06. The fraction of sp³-hybridized carbons (Fsp3) is 0.267. The Morgan fingerprint density at radius 2 is 2.22 bits per heavy atom. The predicted octanol–water partition coefficient (Wildman–Crippen LogP) is 2.40. The fourth-order valence-electron chi connectivity index (χ4n) is 2.38. The van der Waals surface area contributed by atoms with Crippen molar-refractivity contribution in [2.45, 2.75) is 18.9 Å². The summed E-state index contributed by atoms with van der Waals surface area (Å²) < 4.78 is 6.01. The molecule has 1 aliphatic rings. The lowest BCUT2D eigenvalue weighted by molar-refractivity contribution is 0.182. The van der Waals surface area contributed by atoms with Crippen LogP contribution in [0.2, 0.25) is 0 Å². The zero-order valence-electron chi connectivity index (χ0n) is 10.2. The van der Waals surface area contributed by atoms with Gasteiger partial charge in [-0.25, -0.2) is 0 Å². The smallest absolute Gasteiger partial charge is 0.130 e. The highest BCUT2D eigenvalue weighted by Crippen LogP contribution is 2.37. The van der Waals surface area contributed by atoms with Crippen LogP contribution < -0.4 is 10.5 Å². The molecule has 0 saturated carbocycles. The molecule has 3 nitrogen and oxygen atoms in total. The van der Waals surface area contributed by atoms with E-state index in [9.17, 15) is 0 Å². The lowest BCUT2D eigenvalue weighted by Crippen LogP contribution is -2.30. The van der Waals surface area contributed by atoms with Crippen molar-refractivity contribution >= 4 is 0 Å². The van der Waals surface area contributed by atoms with E-state index in [1.807, 2.05) is 12.3 Å². The Hall–Kier alpha value is -1.87. The van der Waals surface area contributed by atoms with Crippen molar-refractivity contribution in [2.75, 3.05) is 6.54 Å². The zero-order chi connectivity index (χ0) is 12.4. The fourth-order valence-corrected chi connectivity index (χ4v) is 2.38. The van der Waals surface area contributed by atoms with Crippen LogP contribution in [0.4, 0.5) is 0 Å². The van der Waals surface area contributed by atoms with E-state index in [0.29, 0.717) is 6.54 Å². The van der Waals surface area contributed by atoms with Gasteiger partial charge in [0.2, 0.25) is 0 Å². The molecule has 1 aromatic carbocycles. The van der Waals surface area contributed by atoms with Crippen molar-refractivity contribution < 1.29 is 4.74 Å². The van der Waals surface area contributed by atoms with Crippen LogP contribution in [0.5, 0.6) is 5.75 Å². The van der Waals surface area contributed by atoms with Crippen LogP contribution in [-0.4, -0.2) is 17.6 Å². The minimum Gasteiger partial charge on any atom is -0.488 e. The summed E-state index contributed by atoms with van der Waals surface area (Å²) in [6, 6.07) is 10.3. The number of nitrogens with two attached hydrogens (primary N) is 1. The number of nitrogens with zero attached hydrogens (tertiary/aromatic N) is 1. The van der Waals surface area contributed by atoms with Crippen LogP contribution in [0.25, 0.3) is 11.1 Å². The maximum absolute atomic E-state index is 6.01. The molecule has 1 aromatic heterocycles. The van der Waals surface area contributed by atoms with E-state index in [4.69, 9.17) is 10.5 Å². The molecule has 0 aliphatic carbocycles. The van der Waals surface area contributed by atoms with Gasteiger partial charge in [0.1, 0.15) is 11.9 Å². The van der Waals surface area contributed by atoms with E-state index in [2.05, 4.69) is 29.2 Å². The van der Waals surface area contributed by atoms with Crippen LogP contribution >= 0.6 is 0 Å². The SMILES string of the molecule is NC[C@@H]1CCc2cccc(-c3cccnc3)c2O1. The van der Waals surface area contributed by atoms with Gasteiger partial charge in [-0.05, 0) is 24.5 Å². The molecule has 0 saturated heterocycles.